The standard InChI is InChI=1S/C16H22N4O/c1-19(2)9-6-10-20(3)16(21)14-11-18-15(17)13-8-5-4-7-12(13)14/h4-5,7-8,11H,6,9-10H2,1-3H3,(H2,17,18). The minimum Gasteiger partial charge on any atom is -0.383 e. The third kappa shape index (κ3) is 3.49. The van der Waals surface area contributed by atoms with Gasteiger partial charge in [-0.05, 0) is 32.4 Å². The third-order valence-electron chi connectivity index (χ3n) is 3.50. The number of carbonyl (C=O) groups is 1. The molecular weight excluding hydrogens is 264 g/mol. The molecule has 2 N–H and O–H groups in total. The van der Waals surface area contributed by atoms with E-state index in [1.165, 1.54) is 0 Å². The van der Waals surface area contributed by atoms with Gasteiger partial charge in [-0.1, -0.05) is 24.3 Å². The summed E-state index contributed by atoms with van der Waals surface area (Å²) in [5.74, 6) is 0.440. The molecule has 0 fully saturated rings. The van der Waals surface area contributed by atoms with Crippen LogP contribution in [0.15, 0.2) is 30.5 Å². The molecule has 0 radical (unpaired) electrons. The van der Waals surface area contributed by atoms with Crippen molar-refractivity contribution in [1.29, 1.82) is 0 Å². The Hall–Kier alpha value is -2.14. The van der Waals surface area contributed by atoms with Crippen molar-refractivity contribution < 1.29 is 4.79 Å². The number of hydrogen-bond donors (Lipinski definition) is 1. The molecule has 0 aliphatic rings. The lowest BCUT2D eigenvalue weighted by Crippen LogP contribution is -2.30. The lowest BCUT2D eigenvalue weighted by molar-refractivity contribution is 0.0792. The first-order valence-corrected chi connectivity index (χ1v) is 7.04. The molecule has 2 aromatic rings. The zero-order valence-corrected chi connectivity index (χ0v) is 12.8. The Morgan fingerprint density at radius 1 is 1.14 bits per heavy atom. The van der Waals surface area contributed by atoms with Crippen LogP contribution in [0, 0.1) is 0 Å². The zero-order valence-electron chi connectivity index (χ0n) is 12.8. The average Bonchev–Trinajstić information content (AvgIpc) is 2.47. The van der Waals surface area contributed by atoms with Crippen LogP contribution in [0.25, 0.3) is 10.8 Å². The molecule has 5 heteroatoms. The normalized spacial score (nSPS) is 11.0. The molecule has 0 unspecified atom stereocenters. The van der Waals surface area contributed by atoms with E-state index in [0.717, 1.165) is 30.3 Å². The van der Waals surface area contributed by atoms with Crippen LogP contribution in [0.1, 0.15) is 16.8 Å². The first-order valence-electron chi connectivity index (χ1n) is 7.04. The number of anilines is 1. The third-order valence-corrected chi connectivity index (χ3v) is 3.50. The van der Waals surface area contributed by atoms with Crippen LogP contribution in [0.5, 0.6) is 0 Å². The first kappa shape index (κ1) is 15.3. The largest absolute Gasteiger partial charge is 0.383 e. The van der Waals surface area contributed by atoms with Crippen molar-refractivity contribution in [2.45, 2.75) is 6.42 Å². The Morgan fingerprint density at radius 3 is 2.48 bits per heavy atom. The van der Waals surface area contributed by atoms with E-state index in [1.807, 2.05) is 45.4 Å². The van der Waals surface area contributed by atoms with Gasteiger partial charge in [0, 0.05) is 25.2 Å². The second-order valence-corrected chi connectivity index (χ2v) is 5.49. The number of pyridine rings is 1. The van der Waals surface area contributed by atoms with Crippen molar-refractivity contribution in [3.8, 4) is 0 Å². The Kier molecular flexibility index (Phi) is 4.75. The molecule has 1 amide bonds. The van der Waals surface area contributed by atoms with E-state index >= 15 is 0 Å². The highest BCUT2D eigenvalue weighted by atomic mass is 16.2. The van der Waals surface area contributed by atoms with Gasteiger partial charge in [0.15, 0.2) is 0 Å². The predicted molar refractivity (Wildman–Crippen MR) is 86.3 cm³/mol. The summed E-state index contributed by atoms with van der Waals surface area (Å²) in [6.45, 7) is 1.67. The zero-order chi connectivity index (χ0) is 15.4. The molecule has 1 aromatic heterocycles. The van der Waals surface area contributed by atoms with Crippen molar-refractivity contribution in [2.24, 2.45) is 0 Å². The second kappa shape index (κ2) is 6.54. The van der Waals surface area contributed by atoms with Gasteiger partial charge in [0.25, 0.3) is 5.91 Å². The summed E-state index contributed by atoms with van der Waals surface area (Å²) in [4.78, 5) is 20.6. The van der Waals surface area contributed by atoms with Crippen LogP contribution in [0.2, 0.25) is 0 Å². The van der Waals surface area contributed by atoms with E-state index in [0.29, 0.717) is 11.4 Å². The Bertz CT molecular complexity index is 639. The van der Waals surface area contributed by atoms with Crippen molar-refractivity contribution in [2.75, 3.05) is 40.0 Å². The van der Waals surface area contributed by atoms with Gasteiger partial charge in [-0.25, -0.2) is 4.98 Å². The van der Waals surface area contributed by atoms with Crippen LogP contribution >= 0.6 is 0 Å². The number of amides is 1. The van der Waals surface area contributed by atoms with E-state index in [9.17, 15) is 4.79 Å². The first-order chi connectivity index (χ1) is 10.0. The molecule has 0 aliphatic heterocycles. The highest BCUT2D eigenvalue weighted by molar-refractivity contribution is 6.08. The van der Waals surface area contributed by atoms with Gasteiger partial charge in [0.2, 0.25) is 0 Å². The minimum atomic E-state index is -0.0162. The quantitative estimate of drug-likeness (QED) is 0.911. The van der Waals surface area contributed by atoms with Crippen LogP contribution in [0.4, 0.5) is 5.82 Å². The predicted octanol–water partition coefficient (Wildman–Crippen LogP) is 1.84. The molecule has 1 aromatic carbocycles. The fraction of sp³-hybridized carbons (Fsp3) is 0.375. The molecule has 5 nitrogen and oxygen atoms in total. The fourth-order valence-electron chi connectivity index (χ4n) is 2.32. The molecule has 0 saturated carbocycles. The Morgan fingerprint density at radius 2 is 1.81 bits per heavy atom. The number of hydrogen-bond acceptors (Lipinski definition) is 4. The van der Waals surface area contributed by atoms with Crippen LogP contribution < -0.4 is 5.73 Å². The van der Waals surface area contributed by atoms with E-state index in [-0.39, 0.29) is 5.91 Å². The highest BCUT2D eigenvalue weighted by Crippen LogP contribution is 2.23. The fourth-order valence-corrected chi connectivity index (χ4v) is 2.32. The van der Waals surface area contributed by atoms with Crippen molar-refractivity contribution in [3.63, 3.8) is 0 Å². The van der Waals surface area contributed by atoms with E-state index in [1.54, 1.807) is 11.1 Å². The number of rotatable bonds is 5. The lowest BCUT2D eigenvalue weighted by atomic mass is 10.1. The molecule has 21 heavy (non-hydrogen) atoms. The van der Waals surface area contributed by atoms with Crippen LogP contribution in [-0.4, -0.2) is 54.9 Å². The van der Waals surface area contributed by atoms with Crippen molar-refractivity contribution >= 4 is 22.5 Å². The van der Waals surface area contributed by atoms with Gasteiger partial charge in [-0.15, -0.1) is 0 Å². The number of nitrogens with two attached hydrogens (primary N) is 1. The minimum absolute atomic E-state index is 0.0162. The summed E-state index contributed by atoms with van der Waals surface area (Å²) < 4.78 is 0. The molecule has 0 saturated heterocycles. The van der Waals surface area contributed by atoms with Crippen molar-refractivity contribution in [3.05, 3.63) is 36.0 Å². The van der Waals surface area contributed by atoms with E-state index < -0.39 is 0 Å². The maximum Gasteiger partial charge on any atom is 0.255 e. The maximum absolute atomic E-state index is 12.6. The smallest absolute Gasteiger partial charge is 0.255 e. The molecule has 2 rings (SSSR count). The molecule has 0 bridgehead atoms. The number of carbonyl (C=O) groups excluding carboxylic acids is 1. The number of nitrogens with zero attached hydrogens (tertiary/aromatic N) is 3. The number of aromatic nitrogens is 1. The number of benzene rings is 1. The summed E-state index contributed by atoms with van der Waals surface area (Å²) in [6, 6.07) is 7.61. The van der Waals surface area contributed by atoms with Gasteiger partial charge in [-0.3, -0.25) is 4.79 Å². The summed E-state index contributed by atoms with van der Waals surface area (Å²) in [7, 11) is 5.88. The number of fused-ring (bicyclic) bond motifs is 1. The van der Waals surface area contributed by atoms with Gasteiger partial charge < -0.3 is 15.5 Å². The van der Waals surface area contributed by atoms with Gasteiger partial charge in [0.05, 0.1) is 5.56 Å². The summed E-state index contributed by atoms with van der Waals surface area (Å²) >= 11 is 0. The van der Waals surface area contributed by atoms with Gasteiger partial charge in [0.1, 0.15) is 5.82 Å². The maximum atomic E-state index is 12.6. The van der Waals surface area contributed by atoms with E-state index in [4.69, 9.17) is 5.73 Å². The molecule has 0 spiro atoms. The molecule has 0 atom stereocenters. The van der Waals surface area contributed by atoms with Crippen LogP contribution in [0.3, 0.4) is 0 Å². The van der Waals surface area contributed by atoms with Crippen molar-refractivity contribution in [1.82, 2.24) is 14.8 Å². The SMILES string of the molecule is CN(C)CCCN(C)C(=O)c1cnc(N)c2ccccc12. The average molecular weight is 286 g/mol. The number of nitrogen functional groups attached to an aromatic ring is 1. The molecule has 1 heterocycles. The second-order valence-electron chi connectivity index (χ2n) is 5.49. The lowest BCUT2D eigenvalue weighted by Gasteiger charge is -2.19. The van der Waals surface area contributed by atoms with E-state index in [2.05, 4.69) is 9.88 Å². The summed E-state index contributed by atoms with van der Waals surface area (Å²) in [6.07, 6.45) is 2.51. The molecule has 0 aliphatic carbocycles. The highest BCUT2D eigenvalue weighted by Gasteiger charge is 2.16. The van der Waals surface area contributed by atoms with Crippen LogP contribution in [-0.2, 0) is 0 Å². The summed E-state index contributed by atoms with van der Waals surface area (Å²) in [5, 5.41) is 1.68. The topological polar surface area (TPSA) is 62.5 Å². The van der Waals surface area contributed by atoms with Gasteiger partial charge in [-0.2, -0.15) is 0 Å². The monoisotopic (exact) mass is 286 g/mol. The summed E-state index contributed by atoms with van der Waals surface area (Å²) in [5.41, 5.74) is 6.48. The van der Waals surface area contributed by atoms with Gasteiger partial charge >= 0.3 is 0 Å². The molecular formula is C16H22N4O. The molecule has 112 valence electrons. The Balaban J connectivity index is 2.21. The Labute approximate surface area is 125 Å².